The van der Waals surface area contributed by atoms with Gasteiger partial charge in [-0.1, -0.05) is 66.0 Å². The maximum atomic E-state index is 13.1. The number of hydrogen-bond acceptors (Lipinski definition) is 0. The molecule has 0 aliphatic rings. The number of hydrogen-bond donors (Lipinski definition) is 0. The van der Waals surface area contributed by atoms with Gasteiger partial charge in [0.1, 0.15) is 0 Å². The van der Waals surface area contributed by atoms with E-state index in [0.717, 1.165) is 16.1 Å². The average molecular weight is 487 g/mol. The Kier molecular flexibility index (Phi) is 5.54. The molecule has 0 aliphatic heterocycles. The Bertz CT molecular complexity index is 638. The molecule has 0 aliphatic carbocycles. The van der Waals surface area contributed by atoms with Crippen molar-refractivity contribution in [2.75, 3.05) is 0 Å². The molecule has 2 rings (SSSR count). The van der Waals surface area contributed by atoms with Gasteiger partial charge in [0, 0.05) is 13.8 Å². The Balaban J connectivity index is 2.33. The molecule has 6 heteroatoms. The van der Waals surface area contributed by atoms with Crippen LogP contribution in [0.2, 0.25) is 0 Å². The molecule has 0 bridgehead atoms. The van der Waals surface area contributed by atoms with Crippen LogP contribution in [0.1, 0.15) is 21.5 Å². The fraction of sp³-hybridized carbons (Fsp3) is 0.200. The van der Waals surface area contributed by atoms with Crippen LogP contribution in [0.25, 0.3) is 0 Å². The summed E-state index contributed by atoms with van der Waals surface area (Å²) >= 11 is 9.84. The first-order valence-corrected chi connectivity index (χ1v) is 8.52. The Hall–Kier alpha value is -0.330. The number of alkyl halides is 4. The highest BCUT2D eigenvalue weighted by Gasteiger charge is 2.35. The second-order valence-electron chi connectivity index (χ2n) is 4.53. The Labute approximate surface area is 146 Å². The van der Waals surface area contributed by atoms with Crippen molar-refractivity contribution in [2.24, 2.45) is 0 Å². The molecule has 0 heterocycles. The van der Waals surface area contributed by atoms with Crippen molar-refractivity contribution in [1.82, 2.24) is 0 Å². The van der Waals surface area contributed by atoms with Crippen LogP contribution in [0, 0.1) is 0 Å². The third-order valence-electron chi connectivity index (χ3n) is 2.96. The molecule has 0 aromatic heterocycles. The number of rotatable bonds is 3. The van der Waals surface area contributed by atoms with Gasteiger partial charge in [-0.2, -0.15) is 13.2 Å². The minimum absolute atomic E-state index is 0.241. The highest BCUT2D eigenvalue weighted by Crippen LogP contribution is 2.40. The van der Waals surface area contributed by atoms with Gasteiger partial charge in [-0.25, -0.2) is 0 Å². The van der Waals surface area contributed by atoms with Crippen molar-refractivity contribution >= 4 is 47.8 Å². The van der Waals surface area contributed by atoms with Crippen molar-refractivity contribution in [2.45, 2.75) is 17.4 Å². The van der Waals surface area contributed by atoms with Crippen LogP contribution in [0.15, 0.2) is 51.4 Å². The molecule has 0 saturated heterocycles. The quantitative estimate of drug-likeness (QED) is 0.413. The average Bonchev–Trinajstić information content (AvgIpc) is 2.37. The second-order valence-corrected chi connectivity index (χ2v) is 7.47. The summed E-state index contributed by atoms with van der Waals surface area (Å²) in [6.45, 7) is 0. The first-order chi connectivity index (χ1) is 9.77. The third-order valence-corrected chi connectivity index (χ3v) is 4.77. The van der Waals surface area contributed by atoms with Crippen molar-refractivity contribution in [3.8, 4) is 0 Å². The molecule has 0 amide bonds. The van der Waals surface area contributed by atoms with E-state index in [1.54, 1.807) is 6.07 Å². The van der Waals surface area contributed by atoms with E-state index in [9.17, 15) is 13.2 Å². The van der Waals surface area contributed by atoms with Crippen LogP contribution in [0.3, 0.4) is 0 Å². The third kappa shape index (κ3) is 4.57. The Morgan fingerprint density at radius 3 is 2.24 bits per heavy atom. The minimum Gasteiger partial charge on any atom is -0.166 e. The molecule has 0 fully saturated rings. The van der Waals surface area contributed by atoms with Crippen molar-refractivity contribution in [1.29, 1.82) is 0 Å². The minimum atomic E-state index is -4.37. The molecule has 1 unspecified atom stereocenters. The molecule has 0 N–H and O–H groups in total. The van der Waals surface area contributed by atoms with E-state index < -0.39 is 16.6 Å². The van der Waals surface area contributed by atoms with E-state index in [2.05, 4.69) is 47.8 Å². The fourth-order valence-corrected chi connectivity index (χ4v) is 3.61. The normalized spacial score (nSPS) is 13.2. The maximum Gasteiger partial charge on any atom is 0.416 e. The molecule has 2 aromatic carbocycles. The summed E-state index contributed by atoms with van der Waals surface area (Å²) < 4.78 is 40.8. The second kappa shape index (κ2) is 6.84. The summed E-state index contributed by atoms with van der Waals surface area (Å²) in [5.41, 5.74) is 0.585. The highest BCUT2D eigenvalue weighted by atomic mass is 79.9. The summed E-state index contributed by atoms with van der Waals surface area (Å²) in [6, 6.07) is 11.8. The lowest BCUT2D eigenvalue weighted by Crippen LogP contribution is -2.11. The smallest absolute Gasteiger partial charge is 0.166 e. The monoisotopic (exact) mass is 484 g/mol. The fourth-order valence-electron chi connectivity index (χ4n) is 2.03. The van der Waals surface area contributed by atoms with E-state index in [4.69, 9.17) is 0 Å². The Morgan fingerprint density at radius 1 is 0.952 bits per heavy atom. The van der Waals surface area contributed by atoms with Gasteiger partial charge in [0.15, 0.2) is 0 Å². The number of benzene rings is 2. The predicted octanol–water partition coefficient (Wildman–Crippen LogP) is 6.91. The van der Waals surface area contributed by atoms with E-state index in [-0.39, 0.29) is 5.56 Å². The summed E-state index contributed by atoms with van der Waals surface area (Å²) in [4.78, 5) is -0.406. The van der Waals surface area contributed by atoms with E-state index in [1.165, 1.54) is 6.07 Å². The molecular formula is C15H10Br3F3. The zero-order valence-electron chi connectivity index (χ0n) is 10.6. The molecule has 21 heavy (non-hydrogen) atoms. The van der Waals surface area contributed by atoms with Crippen LogP contribution < -0.4 is 0 Å². The van der Waals surface area contributed by atoms with E-state index in [0.29, 0.717) is 10.9 Å². The zero-order chi connectivity index (χ0) is 15.6. The molecule has 0 nitrogen and oxygen atoms in total. The van der Waals surface area contributed by atoms with E-state index >= 15 is 0 Å². The van der Waals surface area contributed by atoms with Crippen molar-refractivity contribution in [3.05, 3.63) is 68.1 Å². The van der Waals surface area contributed by atoms with Crippen LogP contribution >= 0.6 is 47.8 Å². The molecule has 0 saturated carbocycles. The molecule has 1 atom stereocenters. The van der Waals surface area contributed by atoms with E-state index in [1.807, 2.05) is 24.3 Å². The largest absolute Gasteiger partial charge is 0.416 e. The molecular weight excluding hydrogens is 477 g/mol. The summed E-state index contributed by atoms with van der Waals surface area (Å²) in [6.07, 6.45) is -3.90. The van der Waals surface area contributed by atoms with Gasteiger partial charge in [-0.3, -0.25) is 0 Å². The van der Waals surface area contributed by atoms with Crippen molar-refractivity contribution in [3.63, 3.8) is 0 Å². The summed E-state index contributed by atoms with van der Waals surface area (Å²) in [7, 11) is 0. The number of halogens is 6. The highest BCUT2D eigenvalue weighted by molar-refractivity contribution is 9.10. The lowest BCUT2D eigenvalue weighted by Gasteiger charge is -2.18. The van der Waals surface area contributed by atoms with Gasteiger partial charge >= 0.3 is 6.18 Å². The lowest BCUT2D eigenvalue weighted by atomic mass is 9.99. The summed E-state index contributed by atoms with van der Waals surface area (Å²) in [5, 5.41) is 0. The first kappa shape index (κ1) is 17.0. The predicted molar refractivity (Wildman–Crippen MR) is 88.7 cm³/mol. The summed E-state index contributed by atoms with van der Waals surface area (Å²) in [5.74, 6) is 0. The van der Waals surface area contributed by atoms with Gasteiger partial charge < -0.3 is 0 Å². The van der Waals surface area contributed by atoms with Crippen LogP contribution in [-0.2, 0) is 12.6 Å². The zero-order valence-corrected chi connectivity index (χ0v) is 15.4. The SMILES string of the molecule is FC(F)(F)c1cc(Br)ccc1C(Br)Cc1cccc(Br)c1. The molecule has 0 radical (unpaired) electrons. The molecule has 2 aromatic rings. The topological polar surface area (TPSA) is 0 Å². The van der Waals surface area contributed by atoms with Gasteiger partial charge in [-0.05, 0) is 41.8 Å². The van der Waals surface area contributed by atoms with Gasteiger partial charge in [0.25, 0.3) is 0 Å². The van der Waals surface area contributed by atoms with Crippen LogP contribution in [-0.4, -0.2) is 0 Å². The van der Waals surface area contributed by atoms with Crippen LogP contribution in [0.5, 0.6) is 0 Å². The Morgan fingerprint density at radius 2 is 1.62 bits per heavy atom. The van der Waals surface area contributed by atoms with Gasteiger partial charge in [0.2, 0.25) is 0 Å². The standard InChI is InChI=1S/C15H10Br3F3/c16-10-3-1-2-9(6-10)7-14(18)12-5-4-11(17)8-13(12)15(19,20)21/h1-6,8,14H,7H2. The molecule has 0 spiro atoms. The lowest BCUT2D eigenvalue weighted by molar-refractivity contribution is -0.138. The van der Waals surface area contributed by atoms with Crippen LogP contribution in [0.4, 0.5) is 13.2 Å². The van der Waals surface area contributed by atoms with Gasteiger partial charge in [0.05, 0.1) is 5.56 Å². The van der Waals surface area contributed by atoms with Crippen molar-refractivity contribution < 1.29 is 13.2 Å². The first-order valence-electron chi connectivity index (χ1n) is 6.02. The maximum absolute atomic E-state index is 13.1. The molecule has 112 valence electrons. The van der Waals surface area contributed by atoms with Gasteiger partial charge in [-0.15, -0.1) is 0 Å².